The van der Waals surface area contributed by atoms with Crippen LogP contribution in [0, 0.1) is 18.6 Å². The molecule has 3 rings (SSSR count). The van der Waals surface area contributed by atoms with Gasteiger partial charge in [-0.25, -0.2) is 8.78 Å². The second-order valence-electron chi connectivity index (χ2n) is 6.87. The minimum Gasteiger partial charge on any atom is -0.399 e. The Morgan fingerprint density at radius 3 is 2.33 bits per heavy atom. The van der Waals surface area contributed by atoms with E-state index >= 15 is 0 Å². The van der Waals surface area contributed by atoms with Crippen molar-refractivity contribution in [3.8, 4) is 0 Å². The number of alkyl halides is 3. The topological polar surface area (TPSA) is 29.3 Å². The third kappa shape index (κ3) is 3.82. The van der Waals surface area contributed by atoms with Crippen molar-refractivity contribution < 1.29 is 22.0 Å². The number of nitrogen functional groups attached to an aromatic ring is 1. The molecule has 0 aliphatic carbocycles. The van der Waals surface area contributed by atoms with Crippen LogP contribution < -0.4 is 5.73 Å². The van der Waals surface area contributed by atoms with Crippen LogP contribution in [-0.2, 0) is 6.42 Å². The lowest BCUT2D eigenvalue weighted by Crippen LogP contribution is -2.47. The van der Waals surface area contributed by atoms with Crippen LogP contribution in [0.2, 0.25) is 0 Å². The van der Waals surface area contributed by atoms with E-state index in [1.165, 1.54) is 0 Å². The van der Waals surface area contributed by atoms with Crippen LogP contribution in [0.25, 0.3) is 0 Å². The van der Waals surface area contributed by atoms with Crippen molar-refractivity contribution in [2.45, 2.75) is 38.5 Å². The molecule has 146 valence electrons. The van der Waals surface area contributed by atoms with Crippen molar-refractivity contribution >= 4 is 21.6 Å². The number of benzene rings is 2. The van der Waals surface area contributed by atoms with Crippen molar-refractivity contribution in [1.29, 1.82) is 0 Å². The van der Waals surface area contributed by atoms with Gasteiger partial charge in [-0.05, 0) is 55.2 Å². The molecule has 1 heterocycles. The van der Waals surface area contributed by atoms with Crippen LogP contribution in [0.1, 0.15) is 35.2 Å². The minimum absolute atomic E-state index is 0.182. The monoisotopic (exact) mass is 448 g/mol. The van der Waals surface area contributed by atoms with E-state index in [1.807, 2.05) is 0 Å². The Hall–Kier alpha value is -1.67. The molecule has 0 unspecified atom stereocenters. The number of nitrogens with zero attached hydrogens (tertiary/aromatic N) is 1. The molecule has 1 aliphatic heterocycles. The maximum atomic E-state index is 14.7. The Kier molecular flexibility index (Phi) is 5.24. The highest BCUT2D eigenvalue weighted by molar-refractivity contribution is 9.10. The van der Waals surface area contributed by atoms with E-state index in [0.29, 0.717) is 17.7 Å². The van der Waals surface area contributed by atoms with Crippen molar-refractivity contribution in [2.24, 2.45) is 0 Å². The smallest absolute Gasteiger partial charge is 0.399 e. The van der Waals surface area contributed by atoms with Gasteiger partial charge in [-0.2, -0.15) is 13.2 Å². The Bertz CT molecular complexity index is 858. The molecule has 0 saturated heterocycles. The lowest BCUT2D eigenvalue weighted by atomic mass is 9.82. The normalized spacial score (nSPS) is 20.6. The first-order chi connectivity index (χ1) is 12.5. The molecule has 2 aromatic rings. The largest absolute Gasteiger partial charge is 0.401 e. The summed E-state index contributed by atoms with van der Waals surface area (Å²) < 4.78 is 69.3. The molecule has 2 atom stereocenters. The van der Waals surface area contributed by atoms with Gasteiger partial charge in [-0.3, -0.25) is 4.90 Å². The molecule has 1 aliphatic rings. The third-order valence-corrected chi connectivity index (χ3v) is 5.51. The summed E-state index contributed by atoms with van der Waals surface area (Å²) in [6.07, 6.45) is -4.19. The molecular weight excluding hydrogens is 431 g/mol. The zero-order valence-electron chi connectivity index (χ0n) is 14.7. The second kappa shape index (κ2) is 7.05. The van der Waals surface area contributed by atoms with Crippen molar-refractivity contribution in [3.05, 3.63) is 62.6 Å². The molecule has 2 nitrogen and oxygen atoms in total. The van der Waals surface area contributed by atoms with Gasteiger partial charge in [-0.1, -0.05) is 22.0 Å². The van der Waals surface area contributed by atoms with Gasteiger partial charge in [0.1, 0.15) is 11.6 Å². The highest BCUT2D eigenvalue weighted by Crippen LogP contribution is 2.43. The number of anilines is 1. The minimum atomic E-state index is -4.50. The SMILES string of the molecule is Cc1c(N)ccc2c1C[C@@H](C)N(CC(F)(F)F)[C@@H]2c1c(F)cc(Br)cc1F. The summed E-state index contributed by atoms with van der Waals surface area (Å²) in [7, 11) is 0. The van der Waals surface area contributed by atoms with Crippen LogP contribution >= 0.6 is 15.9 Å². The molecule has 0 amide bonds. The van der Waals surface area contributed by atoms with E-state index < -0.39 is 36.4 Å². The molecule has 0 saturated carbocycles. The Morgan fingerprint density at radius 2 is 1.78 bits per heavy atom. The quantitative estimate of drug-likeness (QED) is 0.484. The number of nitrogens with two attached hydrogens (primary N) is 1. The van der Waals surface area contributed by atoms with Crippen molar-refractivity contribution in [2.75, 3.05) is 12.3 Å². The van der Waals surface area contributed by atoms with Gasteiger partial charge < -0.3 is 5.73 Å². The average Bonchev–Trinajstić information content (AvgIpc) is 2.52. The van der Waals surface area contributed by atoms with Crippen LogP contribution in [0.15, 0.2) is 28.7 Å². The highest BCUT2D eigenvalue weighted by atomic mass is 79.9. The highest BCUT2D eigenvalue weighted by Gasteiger charge is 2.42. The van der Waals surface area contributed by atoms with E-state index in [-0.39, 0.29) is 10.0 Å². The number of hydrogen-bond donors (Lipinski definition) is 1. The molecule has 0 spiro atoms. The first-order valence-corrected chi connectivity index (χ1v) is 9.13. The van der Waals surface area contributed by atoms with Crippen molar-refractivity contribution in [1.82, 2.24) is 4.90 Å². The maximum absolute atomic E-state index is 14.7. The summed E-state index contributed by atoms with van der Waals surface area (Å²) >= 11 is 3.01. The molecular formula is C19H18BrF5N2. The number of fused-ring (bicyclic) bond motifs is 1. The molecule has 27 heavy (non-hydrogen) atoms. The Morgan fingerprint density at radius 1 is 1.19 bits per heavy atom. The number of halogens is 6. The molecule has 0 radical (unpaired) electrons. The van der Waals surface area contributed by atoms with Gasteiger partial charge in [-0.15, -0.1) is 0 Å². The third-order valence-electron chi connectivity index (χ3n) is 5.05. The van der Waals surface area contributed by atoms with Gasteiger partial charge >= 0.3 is 6.18 Å². The van der Waals surface area contributed by atoms with Gasteiger partial charge in [0, 0.05) is 21.8 Å². The van der Waals surface area contributed by atoms with Gasteiger partial charge in [0.05, 0.1) is 12.6 Å². The molecule has 0 fully saturated rings. The van der Waals surface area contributed by atoms with Crippen LogP contribution in [0.4, 0.5) is 27.6 Å². The second-order valence-corrected chi connectivity index (χ2v) is 7.79. The lowest BCUT2D eigenvalue weighted by Gasteiger charge is -2.43. The van der Waals surface area contributed by atoms with E-state index in [2.05, 4.69) is 15.9 Å². The van der Waals surface area contributed by atoms with Gasteiger partial charge in [0.2, 0.25) is 0 Å². The molecule has 0 aromatic heterocycles. The summed E-state index contributed by atoms with van der Waals surface area (Å²) in [6, 6.07) is 3.49. The zero-order chi connectivity index (χ0) is 20.1. The lowest BCUT2D eigenvalue weighted by molar-refractivity contribution is -0.155. The first-order valence-electron chi connectivity index (χ1n) is 8.34. The number of hydrogen-bond acceptors (Lipinski definition) is 2. The predicted octanol–water partition coefficient (Wildman–Crippen LogP) is 5.52. The Balaban J connectivity index is 2.27. The fourth-order valence-electron chi connectivity index (χ4n) is 3.76. The predicted molar refractivity (Wildman–Crippen MR) is 97.4 cm³/mol. The van der Waals surface area contributed by atoms with E-state index in [9.17, 15) is 22.0 Å². The Labute approximate surface area is 162 Å². The van der Waals surface area contributed by atoms with E-state index in [0.717, 1.165) is 28.2 Å². The molecule has 0 bridgehead atoms. The molecule has 2 N–H and O–H groups in total. The standard InChI is InChI=1S/C19H18BrF5N2/c1-9-5-13-10(2)16(26)4-3-12(13)18(27(9)8-19(23,24)25)17-14(21)6-11(20)7-15(17)22/h3-4,6-7,9,18H,5,8,26H2,1-2H3/t9-,18+/m1/s1. The summed E-state index contributed by atoms with van der Waals surface area (Å²) in [6.45, 7) is 2.13. The average molecular weight is 449 g/mol. The fourth-order valence-corrected chi connectivity index (χ4v) is 4.16. The summed E-state index contributed by atoms with van der Waals surface area (Å²) in [5.74, 6) is -1.79. The van der Waals surface area contributed by atoms with Crippen LogP contribution in [-0.4, -0.2) is 23.7 Å². The summed E-state index contributed by atoms with van der Waals surface area (Å²) in [5, 5.41) is 0. The summed E-state index contributed by atoms with van der Waals surface area (Å²) in [4.78, 5) is 1.10. The van der Waals surface area contributed by atoms with E-state index in [1.54, 1.807) is 26.0 Å². The van der Waals surface area contributed by atoms with Crippen LogP contribution in [0.5, 0.6) is 0 Å². The van der Waals surface area contributed by atoms with Gasteiger partial charge in [0.15, 0.2) is 0 Å². The zero-order valence-corrected chi connectivity index (χ0v) is 16.3. The fraction of sp³-hybridized carbons (Fsp3) is 0.368. The van der Waals surface area contributed by atoms with Crippen molar-refractivity contribution in [3.63, 3.8) is 0 Å². The van der Waals surface area contributed by atoms with E-state index in [4.69, 9.17) is 5.73 Å². The van der Waals surface area contributed by atoms with Crippen LogP contribution in [0.3, 0.4) is 0 Å². The molecule has 8 heteroatoms. The first kappa shape index (κ1) is 20.1. The summed E-state index contributed by atoms with van der Waals surface area (Å²) in [5.41, 5.74) is 7.97. The maximum Gasteiger partial charge on any atom is 0.401 e. The van der Waals surface area contributed by atoms with Gasteiger partial charge in [0.25, 0.3) is 0 Å². The number of rotatable bonds is 2. The molecule has 2 aromatic carbocycles.